The Morgan fingerprint density at radius 3 is 2.69 bits per heavy atom. The number of benzene rings is 2. The van der Waals surface area contributed by atoms with Crippen LogP contribution in [0.15, 0.2) is 48.5 Å². The van der Waals surface area contributed by atoms with Gasteiger partial charge in [0.2, 0.25) is 0 Å². The van der Waals surface area contributed by atoms with E-state index in [1.165, 1.54) is 5.56 Å². The number of para-hydroxylation sites is 1. The molecule has 0 spiro atoms. The first-order valence-corrected chi connectivity index (χ1v) is 8.53. The molecule has 0 saturated carbocycles. The molecule has 26 heavy (non-hydrogen) atoms. The van der Waals surface area contributed by atoms with Crippen molar-refractivity contribution < 1.29 is 19.1 Å². The number of ether oxygens (including phenoxy) is 2. The van der Waals surface area contributed by atoms with Crippen molar-refractivity contribution >= 4 is 17.7 Å². The van der Waals surface area contributed by atoms with Gasteiger partial charge in [-0.2, -0.15) is 0 Å². The van der Waals surface area contributed by atoms with Gasteiger partial charge in [-0.25, -0.2) is 4.79 Å². The number of carbonyl (C=O) groups is 2. The Balaban J connectivity index is 1.57. The second kappa shape index (κ2) is 8.01. The van der Waals surface area contributed by atoms with E-state index in [-0.39, 0.29) is 25.2 Å². The van der Waals surface area contributed by atoms with E-state index in [2.05, 4.69) is 5.32 Å². The van der Waals surface area contributed by atoms with Gasteiger partial charge in [0, 0.05) is 12.2 Å². The molecular formula is C20H22N2O4. The maximum Gasteiger partial charge on any atom is 0.412 e. The molecule has 0 aliphatic carbocycles. The minimum atomic E-state index is -0.547. The van der Waals surface area contributed by atoms with Crippen LogP contribution < -0.4 is 15.0 Å². The van der Waals surface area contributed by atoms with Crippen LogP contribution in [0.4, 0.5) is 10.5 Å². The molecule has 1 atom stereocenters. The average Bonchev–Trinajstić information content (AvgIpc) is 2.64. The van der Waals surface area contributed by atoms with Gasteiger partial charge in [0.25, 0.3) is 5.91 Å². The number of carbonyl (C=O) groups excluding carboxylic acids is 2. The number of nitrogens with zero attached hydrogens (tertiary/aromatic N) is 1. The monoisotopic (exact) mass is 354 g/mol. The fraction of sp³-hybridized carbons (Fsp3) is 0.300. The number of anilines is 1. The lowest BCUT2D eigenvalue weighted by molar-refractivity contribution is -0.129. The molecule has 0 bridgehead atoms. The summed E-state index contributed by atoms with van der Waals surface area (Å²) in [7, 11) is 0. The number of aryl methyl sites for hydroxylation is 2. The largest absolute Gasteiger partial charge is 0.412 e. The van der Waals surface area contributed by atoms with Crippen molar-refractivity contribution in [1.29, 1.82) is 0 Å². The van der Waals surface area contributed by atoms with Gasteiger partial charge in [-0.05, 0) is 49.2 Å². The molecular weight excluding hydrogens is 332 g/mol. The highest BCUT2D eigenvalue weighted by atomic mass is 16.6. The van der Waals surface area contributed by atoms with Crippen LogP contribution in [0.25, 0.3) is 0 Å². The summed E-state index contributed by atoms with van der Waals surface area (Å²) in [6, 6.07) is 14.8. The average molecular weight is 354 g/mol. The normalized spacial score (nSPS) is 17.1. The number of morpholine rings is 1. The van der Waals surface area contributed by atoms with Crippen LogP contribution in [0.5, 0.6) is 5.75 Å². The summed E-state index contributed by atoms with van der Waals surface area (Å²) in [5, 5.41) is 2.68. The molecule has 1 aliphatic rings. The Morgan fingerprint density at radius 1 is 1.19 bits per heavy atom. The number of hydrogen-bond donors (Lipinski definition) is 1. The van der Waals surface area contributed by atoms with Crippen LogP contribution in [0.2, 0.25) is 0 Å². The molecule has 136 valence electrons. The molecule has 1 unspecified atom stereocenters. The standard InChI is InChI=1S/C20H22N2O4/c1-14-8-9-16(10-15(14)2)22-12-18(25-13-19(22)23)11-21-20(24)26-17-6-4-3-5-7-17/h3-10,18H,11-13H2,1-2H3,(H,21,24). The van der Waals surface area contributed by atoms with Crippen molar-refractivity contribution in [3.63, 3.8) is 0 Å². The van der Waals surface area contributed by atoms with Gasteiger partial charge in [-0.15, -0.1) is 0 Å². The Labute approximate surface area is 152 Å². The molecule has 1 saturated heterocycles. The topological polar surface area (TPSA) is 67.9 Å². The highest BCUT2D eigenvalue weighted by Gasteiger charge is 2.28. The molecule has 1 heterocycles. The van der Waals surface area contributed by atoms with Gasteiger partial charge in [0.1, 0.15) is 12.4 Å². The summed E-state index contributed by atoms with van der Waals surface area (Å²) in [4.78, 5) is 25.8. The second-order valence-electron chi connectivity index (χ2n) is 6.29. The van der Waals surface area contributed by atoms with Gasteiger partial charge in [0.15, 0.2) is 0 Å². The first kappa shape index (κ1) is 17.9. The lowest BCUT2D eigenvalue weighted by atomic mass is 10.1. The number of hydrogen-bond acceptors (Lipinski definition) is 4. The SMILES string of the molecule is Cc1ccc(N2CC(CNC(=O)Oc3ccccc3)OCC2=O)cc1C. The summed E-state index contributed by atoms with van der Waals surface area (Å²) in [6.45, 7) is 4.69. The lowest BCUT2D eigenvalue weighted by Crippen LogP contribution is -2.51. The van der Waals surface area contributed by atoms with Gasteiger partial charge < -0.3 is 19.7 Å². The van der Waals surface area contributed by atoms with E-state index in [1.54, 1.807) is 29.2 Å². The number of amides is 2. The van der Waals surface area contributed by atoms with Crippen molar-refractivity contribution in [2.75, 3.05) is 24.6 Å². The Hall–Kier alpha value is -2.86. The van der Waals surface area contributed by atoms with Crippen molar-refractivity contribution in [3.05, 3.63) is 59.7 Å². The fourth-order valence-corrected chi connectivity index (χ4v) is 2.72. The molecule has 2 amide bonds. The van der Waals surface area contributed by atoms with E-state index in [0.717, 1.165) is 11.3 Å². The Kier molecular flexibility index (Phi) is 5.53. The predicted molar refractivity (Wildman–Crippen MR) is 98.5 cm³/mol. The predicted octanol–water partition coefficient (Wildman–Crippen LogP) is 2.82. The Bertz CT molecular complexity index is 792. The van der Waals surface area contributed by atoms with Crippen molar-refractivity contribution in [2.45, 2.75) is 20.0 Å². The number of rotatable bonds is 4. The molecule has 0 radical (unpaired) electrons. The Morgan fingerprint density at radius 2 is 1.96 bits per heavy atom. The molecule has 0 aromatic heterocycles. The zero-order valence-electron chi connectivity index (χ0n) is 14.9. The summed E-state index contributed by atoms with van der Waals surface area (Å²) >= 11 is 0. The maximum atomic E-state index is 12.2. The molecule has 2 aromatic carbocycles. The van der Waals surface area contributed by atoms with Crippen LogP contribution in [-0.2, 0) is 9.53 Å². The highest BCUT2D eigenvalue weighted by Crippen LogP contribution is 2.21. The van der Waals surface area contributed by atoms with Crippen LogP contribution in [0, 0.1) is 13.8 Å². The van der Waals surface area contributed by atoms with Gasteiger partial charge >= 0.3 is 6.09 Å². The molecule has 1 aliphatic heterocycles. The molecule has 1 fully saturated rings. The molecule has 3 rings (SSSR count). The zero-order valence-corrected chi connectivity index (χ0v) is 14.9. The van der Waals surface area contributed by atoms with E-state index in [9.17, 15) is 9.59 Å². The molecule has 1 N–H and O–H groups in total. The van der Waals surface area contributed by atoms with Crippen LogP contribution in [0.3, 0.4) is 0 Å². The van der Waals surface area contributed by atoms with Crippen LogP contribution in [-0.4, -0.2) is 37.8 Å². The maximum absolute atomic E-state index is 12.2. The summed E-state index contributed by atoms with van der Waals surface area (Å²) in [6.07, 6.45) is -0.841. The summed E-state index contributed by atoms with van der Waals surface area (Å²) < 4.78 is 10.7. The van der Waals surface area contributed by atoms with E-state index < -0.39 is 6.09 Å². The zero-order chi connectivity index (χ0) is 18.5. The minimum absolute atomic E-state index is 0.00694. The molecule has 6 heteroatoms. The number of nitrogens with one attached hydrogen (secondary N) is 1. The lowest BCUT2D eigenvalue weighted by Gasteiger charge is -2.33. The molecule has 6 nitrogen and oxygen atoms in total. The van der Waals surface area contributed by atoms with Crippen molar-refractivity contribution in [1.82, 2.24) is 5.32 Å². The quantitative estimate of drug-likeness (QED) is 0.917. The second-order valence-corrected chi connectivity index (χ2v) is 6.29. The van der Waals surface area contributed by atoms with Crippen molar-refractivity contribution in [2.24, 2.45) is 0 Å². The smallest absolute Gasteiger partial charge is 0.410 e. The van der Waals surface area contributed by atoms with Gasteiger partial charge in [-0.1, -0.05) is 24.3 Å². The van der Waals surface area contributed by atoms with Gasteiger partial charge in [-0.3, -0.25) is 4.79 Å². The third-order valence-corrected chi connectivity index (χ3v) is 4.36. The minimum Gasteiger partial charge on any atom is -0.410 e. The third kappa shape index (κ3) is 4.40. The third-order valence-electron chi connectivity index (χ3n) is 4.36. The van der Waals surface area contributed by atoms with Gasteiger partial charge in [0.05, 0.1) is 12.6 Å². The first-order valence-electron chi connectivity index (χ1n) is 8.53. The molecule has 2 aromatic rings. The summed E-state index contributed by atoms with van der Waals surface area (Å²) in [5.41, 5.74) is 3.15. The van der Waals surface area contributed by atoms with Crippen LogP contribution >= 0.6 is 0 Å². The van der Waals surface area contributed by atoms with E-state index in [4.69, 9.17) is 9.47 Å². The van der Waals surface area contributed by atoms with Crippen molar-refractivity contribution in [3.8, 4) is 5.75 Å². The van der Waals surface area contributed by atoms with E-state index in [0.29, 0.717) is 12.3 Å². The van der Waals surface area contributed by atoms with Crippen LogP contribution in [0.1, 0.15) is 11.1 Å². The highest BCUT2D eigenvalue weighted by molar-refractivity contribution is 5.95. The van der Waals surface area contributed by atoms with E-state index in [1.807, 2.05) is 38.1 Å². The van der Waals surface area contributed by atoms with E-state index >= 15 is 0 Å². The first-order chi connectivity index (χ1) is 12.5. The summed E-state index contributed by atoms with van der Waals surface area (Å²) in [5.74, 6) is 0.387. The fourth-order valence-electron chi connectivity index (χ4n) is 2.72.